The summed E-state index contributed by atoms with van der Waals surface area (Å²) in [4.78, 5) is 4.32. The molecule has 2 aromatic carbocycles. The SMILES string of the molecule is CCC(Oc1cccc2cccnc12)c1ccc(F)cc1F. The van der Waals surface area contributed by atoms with E-state index >= 15 is 0 Å². The molecule has 0 saturated heterocycles. The first-order valence-corrected chi connectivity index (χ1v) is 7.14. The third-order valence-electron chi connectivity index (χ3n) is 3.55. The van der Waals surface area contributed by atoms with Crippen LogP contribution in [0.3, 0.4) is 0 Å². The van der Waals surface area contributed by atoms with Crippen LogP contribution in [-0.4, -0.2) is 4.98 Å². The lowest BCUT2D eigenvalue weighted by atomic mass is 10.1. The largest absolute Gasteiger partial charge is 0.483 e. The Morgan fingerprint density at radius 1 is 1.09 bits per heavy atom. The molecule has 3 rings (SSSR count). The van der Waals surface area contributed by atoms with Gasteiger partial charge in [0, 0.05) is 23.2 Å². The molecule has 3 aromatic rings. The molecular formula is C18H15F2NO. The molecule has 0 amide bonds. The molecule has 0 N–H and O–H groups in total. The molecule has 1 unspecified atom stereocenters. The summed E-state index contributed by atoms with van der Waals surface area (Å²) in [5, 5.41) is 0.953. The van der Waals surface area contributed by atoms with Gasteiger partial charge in [0.2, 0.25) is 0 Å². The number of pyridine rings is 1. The van der Waals surface area contributed by atoms with Crippen LogP contribution in [-0.2, 0) is 0 Å². The minimum Gasteiger partial charge on any atom is -0.483 e. The van der Waals surface area contributed by atoms with Crippen LogP contribution in [0, 0.1) is 11.6 Å². The van der Waals surface area contributed by atoms with Crippen molar-refractivity contribution < 1.29 is 13.5 Å². The van der Waals surface area contributed by atoms with Gasteiger partial charge in [0.1, 0.15) is 29.0 Å². The molecular weight excluding hydrogens is 284 g/mol. The van der Waals surface area contributed by atoms with Crippen LogP contribution >= 0.6 is 0 Å². The Bertz CT molecular complexity index is 799. The number of hydrogen-bond acceptors (Lipinski definition) is 2. The van der Waals surface area contributed by atoms with Crippen molar-refractivity contribution in [1.82, 2.24) is 4.98 Å². The third-order valence-corrected chi connectivity index (χ3v) is 3.55. The second kappa shape index (κ2) is 6.10. The number of aromatic nitrogens is 1. The Hall–Kier alpha value is -2.49. The maximum atomic E-state index is 14.0. The van der Waals surface area contributed by atoms with Gasteiger partial charge in [-0.1, -0.05) is 25.1 Å². The van der Waals surface area contributed by atoms with E-state index in [2.05, 4.69) is 4.98 Å². The smallest absolute Gasteiger partial charge is 0.146 e. The third kappa shape index (κ3) is 2.77. The maximum Gasteiger partial charge on any atom is 0.146 e. The minimum atomic E-state index is -0.597. The lowest BCUT2D eigenvalue weighted by Crippen LogP contribution is -2.09. The van der Waals surface area contributed by atoms with E-state index in [4.69, 9.17) is 4.74 Å². The fourth-order valence-corrected chi connectivity index (χ4v) is 2.45. The van der Waals surface area contributed by atoms with Crippen LogP contribution in [0.4, 0.5) is 8.78 Å². The molecule has 112 valence electrons. The average molecular weight is 299 g/mol. The second-order valence-corrected chi connectivity index (χ2v) is 5.01. The number of hydrogen-bond donors (Lipinski definition) is 0. The molecule has 0 aliphatic heterocycles. The predicted molar refractivity (Wildman–Crippen MR) is 81.8 cm³/mol. The zero-order valence-corrected chi connectivity index (χ0v) is 12.1. The van der Waals surface area contributed by atoms with Crippen LogP contribution in [0.15, 0.2) is 54.7 Å². The van der Waals surface area contributed by atoms with E-state index in [1.54, 1.807) is 12.3 Å². The van der Waals surface area contributed by atoms with E-state index in [1.165, 1.54) is 12.1 Å². The topological polar surface area (TPSA) is 22.1 Å². The van der Waals surface area contributed by atoms with Crippen molar-refractivity contribution in [3.05, 3.63) is 71.9 Å². The Balaban J connectivity index is 1.98. The monoisotopic (exact) mass is 299 g/mol. The summed E-state index contributed by atoms with van der Waals surface area (Å²) in [7, 11) is 0. The molecule has 0 aliphatic carbocycles. The van der Waals surface area contributed by atoms with E-state index in [1.807, 2.05) is 31.2 Å². The summed E-state index contributed by atoms with van der Waals surface area (Å²) < 4.78 is 33.0. The number of nitrogens with zero attached hydrogens (tertiary/aromatic N) is 1. The van der Waals surface area contributed by atoms with Crippen LogP contribution in [0.2, 0.25) is 0 Å². The highest BCUT2D eigenvalue weighted by molar-refractivity contribution is 5.84. The standard InChI is InChI=1S/C18H15F2NO/c1-2-16(14-9-8-13(19)11-15(14)20)22-17-7-3-5-12-6-4-10-21-18(12)17/h3-11,16H,2H2,1H3. The summed E-state index contributed by atoms with van der Waals surface area (Å²) in [5.41, 5.74) is 1.07. The van der Waals surface area contributed by atoms with Gasteiger partial charge >= 0.3 is 0 Å². The normalized spacial score (nSPS) is 12.3. The van der Waals surface area contributed by atoms with Crippen LogP contribution in [0.1, 0.15) is 25.0 Å². The summed E-state index contributed by atoms with van der Waals surface area (Å²) in [6.45, 7) is 1.89. The molecule has 0 fully saturated rings. The number of rotatable bonds is 4. The van der Waals surface area contributed by atoms with Gasteiger partial charge in [0.25, 0.3) is 0 Å². The Morgan fingerprint density at radius 2 is 1.91 bits per heavy atom. The molecule has 0 saturated carbocycles. The predicted octanol–water partition coefficient (Wildman–Crippen LogP) is 5.04. The number of fused-ring (bicyclic) bond motifs is 1. The highest BCUT2D eigenvalue weighted by atomic mass is 19.1. The fourth-order valence-electron chi connectivity index (χ4n) is 2.45. The van der Waals surface area contributed by atoms with Crippen molar-refractivity contribution in [2.75, 3.05) is 0 Å². The van der Waals surface area contributed by atoms with Gasteiger partial charge in [0.05, 0.1) is 0 Å². The number of halogens is 2. The quantitative estimate of drug-likeness (QED) is 0.673. The van der Waals surface area contributed by atoms with Crippen molar-refractivity contribution in [2.24, 2.45) is 0 Å². The molecule has 1 atom stereocenters. The molecule has 0 aliphatic rings. The van der Waals surface area contributed by atoms with Crippen molar-refractivity contribution in [3.8, 4) is 5.75 Å². The average Bonchev–Trinajstić information content (AvgIpc) is 2.53. The first kappa shape index (κ1) is 14.4. The van der Waals surface area contributed by atoms with Crippen molar-refractivity contribution in [2.45, 2.75) is 19.4 Å². The molecule has 1 heterocycles. The molecule has 0 bridgehead atoms. The van der Waals surface area contributed by atoms with E-state index in [9.17, 15) is 8.78 Å². The van der Waals surface area contributed by atoms with Gasteiger partial charge in [-0.25, -0.2) is 8.78 Å². The lowest BCUT2D eigenvalue weighted by molar-refractivity contribution is 0.198. The highest BCUT2D eigenvalue weighted by Crippen LogP contribution is 2.31. The lowest BCUT2D eigenvalue weighted by Gasteiger charge is -2.19. The van der Waals surface area contributed by atoms with Gasteiger partial charge in [-0.05, 0) is 30.7 Å². The van der Waals surface area contributed by atoms with Gasteiger partial charge < -0.3 is 4.74 Å². The van der Waals surface area contributed by atoms with Crippen LogP contribution < -0.4 is 4.74 Å². The summed E-state index contributed by atoms with van der Waals surface area (Å²) in [6, 6.07) is 12.9. The second-order valence-electron chi connectivity index (χ2n) is 5.01. The van der Waals surface area contributed by atoms with Crippen molar-refractivity contribution >= 4 is 10.9 Å². The number of benzene rings is 2. The van der Waals surface area contributed by atoms with E-state index in [0.717, 1.165) is 17.0 Å². The fraction of sp³-hybridized carbons (Fsp3) is 0.167. The van der Waals surface area contributed by atoms with Crippen molar-refractivity contribution in [3.63, 3.8) is 0 Å². The van der Waals surface area contributed by atoms with E-state index in [-0.39, 0.29) is 0 Å². The number of ether oxygens (including phenoxy) is 1. The van der Waals surface area contributed by atoms with Crippen LogP contribution in [0.25, 0.3) is 10.9 Å². The van der Waals surface area contributed by atoms with Gasteiger partial charge in [-0.15, -0.1) is 0 Å². The zero-order chi connectivity index (χ0) is 15.5. The van der Waals surface area contributed by atoms with Gasteiger partial charge in [0.15, 0.2) is 0 Å². The van der Waals surface area contributed by atoms with Crippen LogP contribution in [0.5, 0.6) is 5.75 Å². The van der Waals surface area contributed by atoms with Gasteiger partial charge in [-0.2, -0.15) is 0 Å². The van der Waals surface area contributed by atoms with E-state index in [0.29, 0.717) is 17.7 Å². The zero-order valence-electron chi connectivity index (χ0n) is 12.1. The summed E-state index contributed by atoms with van der Waals surface area (Å²) in [6.07, 6.45) is 1.76. The molecule has 1 aromatic heterocycles. The van der Waals surface area contributed by atoms with Crippen molar-refractivity contribution in [1.29, 1.82) is 0 Å². The Labute approximate surface area is 127 Å². The van der Waals surface area contributed by atoms with Gasteiger partial charge in [-0.3, -0.25) is 4.98 Å². The first-order valence-electron chi connectivity index (χ1n) is 7.14. The Kier molecular flexibility index (Phi) is 4.00. The molecule has 2 nitrogen and oxygen atoms in total. The summed E-state index contributed by atoms with van der Waals surface area (Å²) >= 11 is 0. The van der Waals surface area contributed by atoms with E-state index < -0.39 is 17.7 Å². The maximum absolute atomic E-state index is 14.0. The summed E-state index contributed by atoms with van der Waals surface area (Å²) in [5.74, 6) is -0.600. The molecule has 0 radical (unpaired) electrons. The first-order chi connectivity index (χ1) is 10.7. The highest BCUT2D eigenvalue weighted by Gasteiger charge is 2.17. The molecule has 0 spiro atoms. The molecule has 22 heavy (non-hydrogen) atoms. The number of para-hydroxylation sites is 1. The molecule has 4 heteroatoms. The Morgan fingerprint density at radius 3 is 2.68 bits per heavy atom. The minimum absolute atomic E-state index is 0.344.